The molecule has 0 atom stereocenters. The molecule has 0 aromatic heterocycles. The smallest absolute Gasteiger partial charge is 0.273 e. The monoisotopic (exact) mass is 481 g/mol. The number of nitrogens with zero attached hydrogens (tertiary/aromatic N) is 1. The number of carbonyl (C=O) groups excluding carboxylic acids is 2. The molecule has 0 fully saturated rings. The Morgan fingerprint density at radius 3 is 2.42 bits per heavy atom. The molecule has 0 aliphatic heterocycles. The molecule has 2 amide bonds. The van der Waals surface area contributed by atoms with Gasteiger partial charge in [0.2, 0.25) is 0 Å². The highest BCUT2D eigenvalue weighted by molar-refractivity contribution is 9.10. The van der Waals surface area contributed by atoms with Gasteiger partial charge < -0.3 is 14.8 Å². The molecule has 2 N–H and O–H groups in total. The first-order valence-corrected chi connectivity index (χ1v) is 10.0. The standard InChI is InChI=1S/C23H20BrN3O4/c1-30-20-11-10-15(12-21(20)31-2)14-25-27-23(29)18-8-3-4-9-19(18)26-22(28)16-6-5-7-17(24)13-16/h3-14H,1-2H3,(H,26,28)(H,27,29). The van der Waals surface area contributed by atoms with Crippen LogP contribution in [0.2, 0.25) is 0 Å². The second-order valence-corrected chi connectivity index (χ2v) is 7.24. The second kappa shape index (κ2) is 10.4. The zero-order chi connectivity index (χ0) is 22.2. The van der Waals surface area contributed by atoms with Crippen molar-refractivity contribution in [3.05, 3.63) is 87.9 Å². The lowest BCUT2D eigenvalue weighted by molar-refractivity contribution is 0.0956. The van der Waals surface area contributed by atoms with Gasteiger partial charge in [-0.25, -0.2) is 5.43 Å². The minimum absolute atomic E-state index is 0.287. The van der Waals surface area contributed by atoms with E-state index in [0.29, 0.717) is 28.3 Å². The van der Waals surface area contributed by atoms with E-state index >= 15 is 0 Å². The van der Waals surface area contributed by atoms with E-state index in [2.05, 4.69) is 31.8 Å². The van der Waals surface area contributed by atoms with Crippen molar-refractivity contribution in [2.45, 2.75) is 0 Å². The van der Waals surface area contributed by atoms with Crippen LogP contribution in [0.3, 0.4) is 0 Å². The summed E-state index contributed by atoms with van der Waals surface area (Å²) < 4.78 is 11.2. The van der Waals surface area contributed by atoms with Crippen molar-refractivity contribution >= 4 is 39.6 Å². The minimum Gasteiger partial charge on any atom is -0.493 e. The van der Waals surface area contributed by atoms with E-state index in [1.54, 1.807) is 74.9 Å². The molecular formula is C23H20BrN3O4. The SMILES string of the molecule is COc1ccc(C=NNC(=O)c2ccccc2NC(=O)c2cccc(Br)c2)cc1OC. The van der Waals surface area contributed by atoms with E-state index in [1.165, 1.54) is 6.21 Å². The number of hydrazone groups is 1. The van der Waals surface area contributed by atoms with Gasteiger partial charge in [0.25, 0.3) is 11.8 Å². The second-order valence-electron chi connectivity index (χ2n) is 6.32. The van der Waals surface area contributed by atoms with Gasteiger partial charge >= 0.3 is 0 Å². The number of carbonyl (C=O) groups is 2. The molecule has 0 spiro atoms. The number of anilines is 1. The number of benzene rings is 3. The van der Waals surface area contributed by atoms with Crippen LogP contribution in [0.25, 0.3) is 0 Å². The average molecular weight is 482 g/mol. The Bertz CT molecular complexity index is 1130. The molecule has 0 radical (unpaired) electrons. The lowest BCUT2D eigenvalue weighted by Crippen LogP contribution is -2.21. The molecule has 7 nitrogen and oxygen atoms in total. The summed E-state index contributed by atoms with van der Waals surface area (Å²) in [5, 5.41) is 6.77. The van der Waals surface area contributed by atoms with Gasteiger partial charge in [-0.05, 0) is 54.1 Å². The molecular weight excluding hydrogens is 462 g/mol. The summed E-state index contributed by atoms with van der Waals surface area (Å²) >= 11 is 3.34. The highest BCUT2D eigenvalue weighted by Gasteiger charge is 2.14. The van der Waals surface area contributed by atoms with Crippen LogP contribution in [0.15, 0.2) is 76.3 Å². The van der Waals surface area contributed by atoms with Crippen molar-refractivity contribution < 1.29 is 19.1 Å². The van der Waals surface area contributed by atoms with Crippen LogP contribution < -0.4 is 20.2 Å². The summed E-state index contributed by atoms with van der Waals surface area (Å²) in [6.07, 6.45) is 1.49. The first-order chi connectivity index (χ1) is 15.0. The summed E-state index contributed by atoms with van der Waals surface area (Å²) in [5.74, 6) is 0.370. The van der Waals surface area contributed by atoms with Crippen molar-refractivity contribution in [2.24, 2.45) is 5.10 Å². The Labute approximate surface area is 188 Å². The third kappa shape index (κ3) is 5.70. The Hall–Kier alpha value is -3.65. The quantitative estimate of drug-likeness (QED) is 0.384. The molecule has 0 heterocycles. The van der Waals surface area contributed by atoms with E-state index < -0.39 is 5.91 Å². The molecule has 0 saturated carbocycles. The molecule has 3 aromatic carbocycles. The third-order valence-electron chi connectivity index (χ3n) is 4.29. The van der Waals surface area contributed by atoms with Gasteiger partial charge in [-0.3, -0.25) is 9.59 Å². The van der Waals surface area contributed by atoms with Crippen LogP contribution in [-0.2, 0) is 0 Å². The third-order valence-corrected chi connectivity index (χ3v) is 4.79. The van der Waals surface area contributed by atoms with E-state index in [1.807, 2.05) is 6.07 Å². The lowest BCUT2D eigenvalue weighted by atomic mass is 10.1. The van der Waals surface area contributed by atoms with Crippen LogP contribution in [0.5, 0.6) is 11.5 Å². The van der Waals surface area contributed by atoms with Crippen molar-refractivity contribution in [1.82, 2.24) is 5.43 Å². The molecule has 0 aliphatic rings. The number of rotatable bonds is 7. The first-order valence-electron chi connectivity index (χ1n) is 9.23. The Kier molecular flexibility index (Phi) is 7.40. The topological polar surface area (TPSA) is 89.0 Å². The average Bonchev–Trinajstić information content (AvgIpc) is 2.79. The number of para-hydroxylation sites is 1. The zero-order valence-electron chi connectivity index (χ0n) is 16.9. The van der Waals surface area contributed by atoms with Gasteiger partial charge in [0.1, 0.15) is 0 Å². The number of hydrogen-bond donors (Lipinski definition) is 2. The molecule has 0 aliphatic carbocycles. The Morgan fingerprint density at radius 1 is 0.903 bits per heavy atom. The molecule has 8 heteroatoms. The highest BCUT2D eigenvalue weighted by Crippen LogP contribution is 2.26. The molecule has 3 aromatic rings. The zero-order valence-corrected chi connectivity index (χ0v) is 18.5. The van der Waals surface area contributed by atoms with Crippen LogP contribution >= 0.6 is 15.9 Å². The van der Waals surface area contributed by atoms with Gasteiger partial charge in [-0.1, -0.05) is 34.1 Å². The van der Waals surface area contributed by atoms with Crippen molar-refractivity contribution in [3.63, 3.8) is 0 Å². The summed E-state index contributed by atoms with van der Waals surface area (Å²) in [6, 6.07) is 19.0. The molecule has 0 unspecified atom stereocenters. The van der Waals surface area contributed by atoms with E-state index in [4.69, 9.17) is 9.47 Å². The predicted molar refractivity (Wildman–Crippen MR) is 123 cm³/mol. The van der Waals surface area contributed by atoms with Gasteiger partial charge in [0, 0.05) is 10.0 Å². The Balaban J connectivity index is 1.71. The number of amides is 2. The maximum atomic E-state index is 12.6. The van der Waals surface area contributed by atoms with Crippen molar-refractivity contribution in [1.29, 1.82) is 0 Å². The molecule has 0 saturated heterocycles. The van der Waals surface area contributed by atoms with Gasteiger partial charge in [0.15, 0.2) is 11.5 Å². The van der Waals surface area contributed by atoms with Gasteiger partial charge in [0.05, 0.1) is 31.7 Å². The van der Waals surface area contributed by atoms with E-state index in [9.17, 15) is 9.59 Å². The number of hydrogen-bond acceptors (Lipinski definition) is 5. The fraction of sp³-hybridized carbons (Fsp3) is 0.0870. The minimum atomic E-state index is -0.457. The molecule has 3 rings (SSSR count). The van der Waals surface area contributed by atoms with Crippen LogP contribution in [-0.4, -0.2) is 32.2 Å². The molecule has 0 bridgehead atoms. The number of halogens is 1. The van der Waals surface area contributed by atoms with Crippen LogP contribution in [0.4, 0.5) is 5.69 Å². The predicted octanol–water partition coefficient (Wildman–Crippen LogP) is 4.48. The van der Waals surface area contributed by atoms with Crippen LogP contribution in [0, 0.1) is 0 Å². The molecule has 31 heavy (non-hydrogen) atoms. The summed E-state index contributed by atoms with van der Waals surface area (Å²) in [7, 11) is 3.10. The number of methoxy groups -OCH3 is 2. The van der Waals surface area contributed by atoms with E-state index in [-0.39, 0.29) is 11.5 Å². The van der Waals surface area contributed by atoms with Gasteiger partial charge in [-0.15, -0.1) is 0 Å². The lowest BCUT2D eigenvalue weighted by Gasteiger charge is -2.10. The number of ether oxygens (including phenoxy) is 2. The largest absolute Gasteiger partial charge is 0.493 e. The Morgan fingerprint density at radius 2 is 1.68 bits per heavy atom. The fourth-order valence-electron chi connectivity index (χ4n) is 2.77. The number of nitrogens with one attached hydrogen (secondary N) is 2. The maximum Gasteiger partial charge on any atom is 0.273 e. The maximum absolute atomic E-state index is 12.6. The van der Waals surface area contributed by atoms with Crippen molar-refractivity contribution in [2.75, 3.05) is 19.5 Å². The van der Waals surface area contributed by atoms with Gasteiger partial charge in [-0.2, -0.15) is 5.10 Å². The highest BCUT2D eigenvalue weighted by atomic mass is 79.9. The van der Waals surface area contributed by atoms with Crippen LogP contribution in [0.1, 0.15) is 26.3 Å². The summed E-state index contributed by atoms with van der Waals surface area (Å²) in [5.41, 5.74) is 4.33. The normalized spacial score (nSPS) is 10.5. The van der Waals surface area contributed by atoms with E-state index in [0.717, 1.165) is 4.47 Å². The first kappa shape index (κ1) is 22.0. The summed E-state index contributed by atoms with van der Waals surface area (Å²) in [4.78, 5) is 25.2. The fourth-order valence-corrected chi connectivity index (χ4v) is 3.17. The summed E-state index contributed by atoms with van der Waals surface area (Å²) in [6.45, 7) is 0. The van der Waals surface area contributed by atoms with Crippen molar-refractivity contribution in [3.8, 4) is 11.5 Å². The molecule has 158 valence electrons.